The maximum atomic E-state index is 5.34. The molecule has 2 heterocycles. The van der Waals surface area contributed by atoms with Crippen LogP contribution in [0.5, 0.6) is 0 Å². The largest absolute Gasteiger partial charge is 0.242 e. The standard InChI is InChI=1S/C46H30N2S/c1-46(35-17-6-3-7-18-35)39-21-10-8-19-36(39)38-27-34-26-31(23-24-32(34)28-40(38)46)30-15-12-16-33(25-30)43-42(29-13-4-2-5-14-29)48-45-44(47-43)37-20-9-11-22-41(37)49-45/h2-28H,1H3. The molecule has 1 atom stereocenters. The summed E-state index contributed by atoms with van der Waals surface area (Å²) in [5.74, 6) is 0. The van der Waals surface area contributed by atoms with E-state index in [1.807, 2.05) is 6.07 Å². The van der Waals surface area contributed by atoms with Crippen LogP contribution in [-0.4, -0.2) is 9.97 Å². The fraction of sp³-hybridized carbons (Fsp3) is 0.0435. The number of nitrogens with zero attached hydrogens (tertiary/aromatic N) is 2. The molecule has 0 amide bonds. The van der Waals surface area contributed by atoms with Gasteiger partial charge in [0.05, 0.1) is 11.4 Å². The molecule has 7 aromatic carbocycles. The summed E-state index contributed by atoms with van der Waals surface area (Å²) in [6.45, 7) is 2.38. The van der Waals surface area contributed by atoms with Crippen LogP contribution in [-0.2, 0) is 5.41 Å². The zero-order valence-electron chi connectivity index (χ0n) is 26.9. The van der Waals surface area contributed by atoms with Crippen LogP contribution in [0.1, 0.15) is 23.6 Å². The SMILES string of the molecule is CC1(c2ccccc2)c2ccccc2-c2cc3cc(-c4cccc(-c5nc6c(nc5-c5ccccc5)sc5ccccc56)c4)ccc3cc21. The lowest BCUT2D eigenvalue weighted by molar-refractivity contribution is 0.715. The third kappa shape index (κ3) is 4.33. The molecule has 1 unspecified atom stereocenters. The van der Waals surface area contributed by atoms with Crippen molar-refractivity contribution in [3.8, 4) is 44.8 Å². The Morgan fingerprint density at radius 1 is 0.469 bits per heavy atom. The molecule has 2 nitrogen and oxygen atoms in total. The first-order valence-electron chi connectivity index (χ1n) is 16.7. The highest BCUT2D eigenvalue weighted by atomic mass is 32.1. The third-order valence-electron chi connectivity index (χ3n) is 10.4. The van der Waals surface area contributed by atoms with E-state index in [2.05, 4.69) is 165 Å². The van der Waals surface area contributed by atoms with E-state index in [1.165, 1.54) is 48.9 Å². The van der Waals surface area contributed by atoms with Crippen LogP contribution >= 0.6 is 11.3 Å². The van der Waals surface area contributed by atoms with Crippen molar-refractivity contribution in [3.05, 3.63) is 180 Å². The van der Waals surface area contributed by atoms with Gasteiger partial charge < -0.3 is 0 Å². The zero-order valence-corrected chi connectivity index (χ0v) is 27.7. The van der Waals surface area contributed by atoms with Crippen LogP contribution in [0.3, 0.4) is 0 Å². The predicted molar refractivity (Wildman–Crippen MR) is 206 cm³/mol. The molecule has 9 aromatic rings. The summed E-state index contributed by atoms with van der Waals surface area (Å²) in [4.78, 5) is 11.6. The summed E-state index contributed by atoms with van der Waals surface area (Å²) in [5.41, 5.74) is 13.7. The van der Waals surface area contributed by atoms with Gasteiger partial charge in [0.2, 0.25) is 0 Å². The average molecular weight is 643 g/mol. The molecule has 1 aliphatic rings. The topological polar surface area (TPSA) is 25.8 Å². The lowest BCUT2D eigenvalue weighted by Crippen LogP contribution is -2.22. The number of hydrogen-bond donors (Lipinski definition) is 0. The number of aromatic nitrogens is 2. The second-order valence-electron chi connectivity index (χ2n) is 13.1. The van der Waals surface area contributed by atoms with Gasteiger partial charge in [0, 0.05) is 26.6 Å². The van der Waals surface area contributed by atoms with Gasteiger partial charge in [-0.15, -0.1) is 11.3 Å². The summed E-state index contributed by atoms with van der Waals surface area (Å²) in [7, 11) is 0. The van der Waals surface area contributed by atoms with E-state index >= 15 is 0 Å². The molecule has 0 saturated carbocycles. The molecule has 230 valence electrons. The monoisotopic (exact) mass is 642 g/mol. The van der Waals surface area contributed by atoms with E-state index < -0.39 is 0 Å². The minimum atomic E-state index is -0.208. The van der Waals surface area contributed by atoms with Gasteiger partial charge >= 0.3 is 0 Å². The zero-order chi connectivity index (χ0) is 32.5. The number of hydrogen-bond acceptors (Lipinski definition) is 3. The first-order chi connectivity index (χ1) is 24.1. The maximum Gasteiger partial charge on any atom is 0.143 e. The van der Waals surface area contributed by atoms with Gasteiger partial charge in [0.25, 0.3) is 0 Å². The Morgan fingerprint density at radius 3 is 2.04 bits per heavy atom. The Morgan fingerprint density at radius 2 is 1.16 bits per heavy atom. The summed E-state index contributed by atoms with van der Waals surface area (Å²) < 4.78 is 1.21. The summed E-state index contributed by atoms with van der Waals surface area (Å²) in [6, 6.07) is 59.2. The smallest absolute Gasteiger partial charge is 0.143 e. The molecule has 0 aliphatic heterocycles. The van der Waals surface area contributed by atoms with Gasteiger partial charge in [0.1, 0.15) is 10.3 Å². The quantitative estimate of drug-likeness (QED) is 0.191. The summed E-state index contributed by atoms with van der Waals surface area (Å²) in [5, 5.41) is 3.64. The van der Waals surface area contributed by atoms with Crippen LogP contribution in [0, 0.1) is 0 Å². The van der Waals surface area contributed by atoms with Crippen LogP contribution in [0.4, 0.5) is 0 Å². The van der Waals surface area contributed by atoms with Gasteiger partial charge in [-0.3, -0.25) is 0 Å². The van der Waals surface area contributed by atoms with Crippen LogP contribution < -0.4 is 0 Å². The molecule has 0 radical (unpaired) electrons. The average Bonchev–Trinajstić information content (AvgIpc) is 3.66. The molecular formula is C46H30N2S. The Bertz CT molecular complexity index is 2730. The van der Waals surface area contributed by atoms with Gasteiger partial charge in [-0.25, -0.2) is 9.97 Å². The van der Waals surface area contributed by atoms with Gasteiger partial charge in [0.15, 0.2) is 0 Å². The summed E-state index contributed by atoms with van der Waals surface area (Å²) >= 11 is 1.70. The minimum Gasteiger partial charge on any atom is -0.242 e. The molecule has 0 spiro atoms. The second-order valence-corrected chi connectivity index (χ2v) is 14.1. The second kappa shape index (κ2) is 10.8. The molecule has 10 rings (SSSR count). The Hall–Kier alpha value is -5.90. The van der Waals surface area contributed by atoms with Crippen molar-refractivity contribution in [1.82, 2.24) is 9.97 Å². The molecule has 0 bridgehead atoms. The van der Waals surface area contributed by atoms with Crippen molar-refractivity contribution in [1.29, 1.82) is 0 Å². The third-order valence-corrected chi connectivity index (χ3v) is 11.4. The summed E-state index contributed by atoms with van der Waals surface area (Å²) in [6.07, 6.45) is 0. The van der Waals surface area contributed by atoms with Crippen molar-refractivity contribution in [3.63, 3.8) is 0 Å². The lowest BCUT2D eigenvalue weighted by atomic mass is 9.74. The van der Waals surface area contributed by atoms with E-state index in [4.69, 9.17) is 9.97 Å². The highest BCUT2D eigenvalue weighted by Gasteiger charge is 2.40. The van der Waals surface area contributed by atoms with E-state index in [0.29, 0.717) is 0 Å². The van der Waals surface area contributed by atoms with Gasteiger partial charge in [-0.05, 0) is 87.0 Å². The number of benzene rings is 7. The van der Waals surface area contributed by atoms with Gasteiger partial charge in [-0.2, -0.15) is 0 Å². The van der Waals surface area contributed by atoms with Crippen LogP contribution in [0.2, 0.25) is 0 Å². The van der Waals surface area contributed by atoms with E-state index in [0.717, 1.165) is 43.8 Å². The van der Waals surface area contributed by atoms with Crippen molar-refractivity contribution >= 4 is 42.5 Å². The predicted octanol–water partition coefficient (Wildman–Crippen LogP) is 12.3. The number of thiophene rings is 1. The van der Waals surface area contributed by atoms with Crippen molar-refractivity contribution < 1.29 is 0 Å². The Labute approximate surface area is 289 Å². The van der Waals surface area contributed by atoms with Gasteiger partial charge in [-0.1, -0.05) is 133 Å². The van der Waals surface area contributed by atoms with Crippen LogP contribution in [0.25, 0.3) is 76.0 Å². The molecule has 1 aliphatic carbocycles. The normalized spacial score (nSPS) is 15.1. The molecular weight excluding hydrogens is 613 g/mol. The molecule has 0 N–H and O–H groups in total. The molecule has 3 heteroatoms. The highest BCUT2D eigenvalue weighted by molar-refractivity contribution is 7.25. The van der Waals surface area contributed by atoms with E-state index in [1.54, 1.807) is 11.3 Å². The Kier molecular flexibility index (Phi) is 6.21. The van der Waals surface area contributed by atoms with Crippen LogP contribution in [0.15, 0.2) is 164 Å². The van der Waals surface area contributed by atoms with E-state index in [-0.39, 0.29) is 5.41 Å². The first kappa shape index (κ1) is 28.1. The number of fused-ring (bicyclic) bond motifs is 7. The van der Waals surface area contributed by atoms with Crippen molar-refractivity contribution in [2.24, 2.45) is 0 Å². The Balaban J connectivity index is 1.12. The fourth-order valence-corrected chi connectivity index (χ4v) is 8.88. The lowest BCUT2D eigenvalue weighted by Gasteiger charge is -2.28. The highest BCUT2D eigenvalue weighted by Crippen LogP contribution is 2.53. The van der Waals surface area contributed by atoms with Crippen molar-refractivity contribution in [2.45, 2.75) is 12.3 Å². The molecule has 2 aromatic heterocycles. The molecule has 0 fully saturated rings. The van der Waals surface area contributed by atoms with Crippen molar-refractivity contribution in [2.75, 3.05) is 0 Å². The maximum absolute atomic E-state index is 5.34. The number of rotatable bonds is 4. The fourth-order valence-electron chi connectivity index (χ4n) is 7.86. The molecule has 49 heavy (non-hydrogen) atoms. The first-order valence-corrected chi connectivity index (χ1v) is 17.6. The molecule has 0 saturated heterocycles. The van der Waals surface area contributed by atoms with E-state index in [9.17, 15) is 0 Å². The minimum absolute atomic E-state index is 0.208.